The van der Waals surface area contributed by atoms with Crippen molar-refractivity contribution < 1.29 is 5.11 Å². The summed E-state index contributed by atoms with van der Waals surface area (Å²) in [4.78, 5) is 0. The average molecular weight is 156 g/mol. The number of rotatable bonds is 2. The Morgan fingerprint density at radius 3 is 2.45 bits per heavy atom. The van der Waals surface area contributed by atoms with E-state index < -0.39 is 0 Å². The minimum Gasteiger partial charge on any atom is -0.393 e. The van der Waals surface area contributed by atoms with Crippen LogP contribution in [0.1, 0.15) is 46.0 Å². The largest absolute Gasteiger partial charge is 0.393 e. The Bertz CT molecular complexity index is 109. The minimum atomic E-state index is 0.00569. The van der Waals surface area contributed by atoms with Gasteiger partial charge in [-0.25, -0.2) is 0 Å². The molecule has 0 bridgehead atoms. The van der Waals surface area contributed by atoms with E-state index in [4.69, 9.17) is 0 Å². The Labute approximate surface area is 69.8 Å². The van der Waals surface area contributed by atoms with Crippen LogP contribution in [-0.2, 0) is 0 Å². The van der Waals surface area contributed by atoms with Gasteiger partial charge in [0.15, 0.2) is 0 Å². The first-order valence-corrected chi connectivity index (χ1v) is 4.88. The van der Waals surface area contributed by atoms with Crippen molar-refractivity contribution in [2.75, 3.05) is 0 Å². The van der Waals surface area contributed by atoms with Crippen molar-refractivity contribution in [1.29, 1.82) is 0 Å². The first-order valence-electron chi connectivity index (χ1n) is 4.88. The van der Waals surface area contributed by atoms with Gasteiger partial charge in [-0.15, -0.1) is 0 Å². The van der Waals surface area contributed by atoms with Crippen molar-refractivity contribution in [1.82, 2.24) is 0 Å². The van der Waals surface area contributed by atoms with Gasteiger partial charge in [-0.2, -0.15) is 0 Å². The zero-order valence-corrected chi connectivity index (χ0v) is 7.71. The molecule has 0 spiro atoms. The highest BCUT2D eigenvalue weighted by atomic mass is 16.3. The smallest absolute Gasteiger partial charge is 0.0568 e. The number of hydrogen-bond acceptors (Lipinski definition) is 1. The molecular weight excluding hydrogens is 136 g/mol. The summed E-state index contributed by atoms with van der Waals surface area (Å²) < 4.78 is 0. The second-order valence-electron chi connectivity index (χ2n) is 4.24. The third kappa shape index (κ3) is 2.82. The Hall–Kier alpha value is -0.0400. The molecule has 0 aromatic heterocycles. The van der Waals surface area contributed by atoms with Crippen LogP contribution < -0.4 is 0 Å². The van der Waals surface area contributed by atoms with Crippen molar-refractivity contribution in [2.24, 2.45) is 11.8 Å². The van der Waals surface area contributed by atoms with Crippen molar-refractivity contribution in [2.45, 2.75) is 52.1 Å². The average Bonchev–Trinajstić information content (AvgIpc) is 1.93. The first kappa shape index (κ1) is 9.05. The van der Waals surface area contributed by atoms with Gasteiger partial charge in [-0.05, 0) is 31.1 Å². The van der Waals surface area contributed by atoms with E-state index in [1.165, 1.54) is 25.7 Å². The lowest BCUT2D eigenvalue weighted by Crippen LogP contribution is -2.25. The molecule has 1 unspecified atom stereocenters. The van der Waals surface area contributed by atoms with Gasteiger partial charge in [0.05, 0.1) is 6.10 Å². The van der Waals surface area contributed by atoms with Gasteiger partial charge in [-0.1, -0.05) is 26.7 Å². The minimum absolute atomic E-state index is 0.00569. The fourth-order valence-corrected chi connectivity index (χ4v) is 2.07. The molecule has 1 rings (SSSR count). The summed E-state index contributed by atoms with van der Waals surface area (Å²) in [7, 11) is 0. The molecule has 0 amide bonds. The third-order valence-corrected chi connectivity index (χ3v) is 2.64. The van der Waals surface area contributed by atoms with E-state index in [0.29, 0.717) is 5.92 Å². The van der Waals surface area contributed by atoms with Crippen molar-refractivity contribution in [3.63, 3.8) is 0 Å². The van der Waals surface area contributed by atoms with Crippen LogP contribution >= 0.6 is 0 Å². The summed E-state index contributed by atoms with van der Waals surface area (Å²) in [6, 6.07) is 0. The lowest BCUT2D eigenvalue weighted by atomic mass is 9.81. The van der Waals surface area contributed by atoms with Gasteiger partial charge in [0, 0.05) is 0 Å². The number of aliphatic hydroxyl groups is 1. The second kappa shape index (κ2) is 4.10. The normalized spacial score (nSPS) is 32.7. The first-order chi connectivity index (χ1) is 5.20. The van der Waals surface area contributed by atoms with Crippen LogP contribution in [0.25, 0.3) is 0 Å². The fourth-order valence-electron chi connectivity index (χ4n) is 2.07. The predicted molar refractivity (Wildman–Crippen MR) is 47.4 cm³/mol. The molecule has 1 heteroatoms. The number of aliphatic hydroxyl groups excluding tert-OH is 1. The fraction of sp³-hybridized carbons (Fsp3) is 1.00. The maximum absolute atomic E-state index is 9.62. The molecule has 1 aliphatic carbocycles. The SMILES string of the molecule is CC(C)CC1CCCC[C@@H]1O. The van der Waals surface area contributed by atoms with E-state index in [2.05, 4.69) is 13.8 Å². The zero-order chi connectivity index (χ0) is 8.27. The molecule has 0 aliphatic heterocycles. The Balaban J connectivity index is 2.29. The molecule has 1 aliphatic rings. The zero-order valence-electron chi connectivity index (χ0n) is 7.71. The van der Waals surface area contributed by atoms with Crippen LogP contribution in [-0.4, -0.2) is 11.2 Å². The molecule has 1 N–H and O–H groups in total. The maximum Gasteiger partial charge on any atom is 0.0568 e. The Kier molecular flexibility index (Phi) is 3.38. The monoisotopic (exact) mass is 156 g/mol. The summed E-state index contributed by atoms with van der Waals surface area (Å²) in [6.45, 7) is 4.47. The van der Waals surface area contributed by atoms with Gasteiger partial charge in [0.2, 0.25) is 0 Å². The highest BCUT2D eigenvalue weighted by molar-refractivity contribution is 4.74. The topological polar surface area (TPSA) is 20.2 Å². The summed E-state index contributed by atoms with van der Waals surface area (Å²) in [6.07, 6.45) is 6.06. The van der Waals surface area contributed by atoms with E-state index in [-0.39, 0.29) is 6.10 Å². The quantitative estimate of drug-likeness (QED) is 0.651. The molecule has 11 heavy (non-hydrogen) atoms. The molecule has 0 aromatic rings. The van der Waals surface area contributed by atoms with E-state index >= 15 is 0 Å². The van der Waals surface area contributed by atoms with E-state index in [9.17, 15) is 5.11 Å². The van der Waals surface area contributed by atoms with Gasteiger partial charge in [-0.3, -0.25) is 0 Å². The summed E-state index contributed by atoms with van der Waals surface area (Å²) in [5, 5.41) is 9.62. The number of hydrogen-bond donors (Lipinski definition) is 1. The Morgan fingerprint density at radius 2 is 1.91 bits per heavy atom. The lowest BCUT2D eigenvalue weighted by Gasteiger charge is -2.28. The maximum atomic E-state index is 9.62. The second-order valence-corrected chi connectivity index (χ2v) is 4.24. The molecule has 1 nitrogen and oxygen atoms in total. The predicted octanol–water partition coefficient (Wildman–Crippen LogP) is 2.58. The van der Waals surface area contributed by atoms with Crippen LogP contribution in [0.15, 0.2) is 0 Å². The summed E-state index contributed by atoms with van der Waals surface area (Å²) >= 11 is 0. The van der Waals surface area contributed by atoms with Crippen molar-refractivity contribution >= 4 is 0 Å². The van der Waals surface area contributed by atoms with Gasteiger partial charge in [0.25, 0.3) is 0 Å². The molecule has 0 radical (unpaired) electrons. The van der Waals surface area contributed by atoms with Crippen LogP contribution in [0.2, 0.25) is 0 Å². The Morgan fingerprint density at radius 1 is 1.27 bits per heavy atom. The van der Waals surface area contributed by atoms with E-state index in [1.54, 1.807) is 0 Å². The lowest BCUT2D eigenvalue weighted by molar-refractivity contribution is 0.0587. The summed E-state index contributed by atoms with van der Waals surface area (Å²) in [5.41, 5.74) is 0. The molecule has 2 atom stereocenters. The highest BCUT2D eigenvalue weighted by Gasteiger charge is 2.23. The molecular formula is C10H20O. The molecule has 66 valence electrons. The van der Waals surface area contributed by atoms with E-state index in [1.807, 2.05) is 0 Å². The van der Waals surface area contributed by atoms with Crippen molar-refractivity contribution in [3.8, 4) is 0 Å². The molecule has 0 saturated heterocycles. The van der Waals surface area contributed by atoms with Crippen LogP contribution in [0.5, 0.6) is 0 Å². The third-order valence-electron chi connectivity index (χ3n) is 2.64. The molecule has 0 aromatic carbocycles. The standard InChI is InChI=1S/C10H20O/c1-8(2)7-9-5-3-4-6-10(9)11/h8-11H,3-7H2,1-2H3/t9?,10-/m0/s1. The van der Waals surface area contributed by atoms with E-state index in [0.717, 1.165) is 12.3 Å². The summed E-state index contributed by atoms with van der Waals surface area (Å²) in [5.74, 6) is 1.34. The van der Waals surface area contributed by atoms with Gasteiger partial charge < -0.3 is 5.11 Å². The van der Waals surface area contributed by atoms with Gasteiger partial charge >= 0.3 is 0 Å². The van der Waals surface area contributed by atoms with Crippen molar-refractivity contribution in [3.05, 3.63) is 0 Å². The molecule has 1 fully saturated rings. The van der Waals surface area contributed by atoms with Crippen LogP contribution in [0, 0.1) is 11.8 Å². The molecule has 1 saturated carbocycles. The van der Waals surface area contributed by atoms with Crippen LogP contribution in [0.4, 0.5) is 0 Å². The van der Waals surface area contributed by atoms with Crippen LogP contribution in [0.3, 0.4) is 0 Å². The van der Waals surface area contributed by atoms with Gasteiger partial charge in [0.1, 0.15) is 0 Å². The highest BCUT2D eigenvalue weighted by Crippen LogP contribution is 2.29. The molecule has 0 heterocycles.